The molecule has 0 aromatic carbocycles. The molecule has 1 heterocycles. The highest BCUT2D eigenvalue weighted by molar-refractivity contribution is 7.90. The zero-order valence-electron chi connectivity index (χ0n) is 8.07. The summed E-state index contributed by atoms with van der Waals surface area (Å²) in [6.07, 6.45) is 1.84. The maximum Gasteiger partial charge on any atom is 0.341 e. The van der Waals surface area contributed by atoms with Gasteiger partial charge in [0.25, 0.3) is 0 Å². The number of carboxylic acid groups (broad SMARTS) is 1. The summed E-state index contributed by atoms with van der Waals surface area (Å²) in [5.41, 5.74) is -1.44. The fourth-order valence-corrected chi connectivity index (χ4v) is 2.27. The summed E-state index contributed by atoms with van der Waals surface area (Å²) >= 11 is 0. The van der Waals surface area contributed by atoms with Crippen molar-refractivity contribution in [2.24, 2.45) is 0 Å². The molecule has 6 nitrogen and oxygen atoms in total. The van der Waals surface area contributed by atoms with E-state index < -0.39 is 31.7 Å². The quantitative estimate of drug-likeness (QED) is 0.732. The molecule has 0 unspecified atom stereocenters. The average molecular weight is 231 g/mol. The van der Waals surface area contributed by atoms with E-state index in [0.717, 1.165) is 12.5 Å². The Morgan fingerprint density at radius 1 is 1.47 bits per heavy atom. The second-order valence-corrected chi connectivity index (χ2v) is 5.02. The topological polar surface area (TPSA) is 104 Å². The third-order valence-corrected chi connectivity index (χ3v) is 3.06. The maximum atomic E-state index is 11.5. The van der Waals surface area contributed by atoms with Gasteiger partial charge in [0.2, 0.25) is 5.43 Å². The SMILES string of the molecule is Cc1[nH]cc(C(=O)O)c(=O)c1S(C)(=O)=O. The van der Waals surface area contributed by atoms with E-state index in [1.165, 1.54) is 6.92 Å². The van der Waals surface area contributed by atoms with Gasteiger partial charge in [-0.25, -0.2) is 13.2 Å². The Balaban J connectivity index is 3.75. The van der Waals surface area contributed by atoms with Gasteiger partial charge < -0.3 is 10.1 Å². The van der Waals surface area contributed by atoms with Crippen molar-refractivity contribution in [2.45, 2.75) is 11.8 Å². The Morgan fingerprint density at radius 2 is 2.00 bits per heavy atom. The van der Waals surface area contributed by atoms with Gasteiger partial charge in [-0.15, -0.1) is 0 Å². The number of hydrogen-bond donors (Lipinski definition) is 2. The van der Waals surface area contributed by atoms with Crippen molar-refractivity contribution in [1.82, 2.24) is 4.98 Å². The number of hydrogen-bond acceptors (Lipinski definition) is 4. The van der Waals surface area contributed by atoms with Gasteiger partial charge in [0.05, 0.1) is 0 Å². The largest absolute Gasteiger partial charge is 0.477 e. The molecule has 2 N–H and O–H groups in total. The lowest BCUT2D eigenvalue weighted by Gasteiger charge is -2.03. The zero-order valence-corrected chi connectivity index (χ0v) is 8.88. The lowest BCUT2D eigenvalue weighted by Crippen LogP contribution is -2.23. The summed E-state index contributed by atoms with van der Waals surface area (Å²) in [6.45, 7) is 1.39. The van der Waals surface area contributed by atoms with E-state index in [-0.39, 0.29) is 5.69 Å². The van der Waals surface area contributed by atoms with E-state index in [2.05, 4.69) is 4.98 Å². The number of aryl methyl sites for hydroxylation is 1. The second-order valence-electron chi connectivity index (χ2n) is 3.06. The van der Waals surface area contributed by atoms with Crippen LogP contribution in [0.2, 0.25) is 0 Å². The molecule has 0 spiro atoms. The molecular weight excluding hydrogens is 222 g/mol. The number of aromatic nitrogens is 1. The molecule has 1 aromatic heterocycles. The first kappa shape index (κ1) is 11.4. The van der Waals surface area contributed by atoms with Crippen LogP contribution in [0.4, 0.5) is 0 Å². The summed E-state index contributed by atoms with van der Waals surface area (Å²) in [5, 5.41) is 8.63. The van der Waals surface area contributed by atoms with Crippen LogP contribution in [-0.2, 0) is 9.84 Å². The Morgan fingerprint density at radius 3 is 2.40 bits per heavy atom. The van der Waals surface area contributed by atoms with Crippen molar-refractivity contribution >= 4 is 15.8 Å². The minimum atomic E-state index is -3.73. The minimum Gasteiger partial charge on any atom is -0.477 e. The third-order valence-electron chi connectivity index (χ3n) is 1.83. The molecule has 0 aliphatic rings. The van der Waals surface area contributed by atoms with Crippen LogP contribution in [0.5, 0.6) is 0 Å². The van der Waals surface area contributed by atoms with Crippen LogP contribution in [0.3, 0.4) is 0 Å². The minimum absolute atomic E-state index is 0.132. The van der Waals surface area contributed by atoms with Crippen molar-refractivity contribution in [2.75, 3.05) is 6.26 Å². The molecule has 0 fully saturated rings. The predicted octanol–water partition coefficient (Wildman–Crippen LogP) is -0.215. The predicted molar refractivity (Wildman–Crippen MR) is 51.9 cm³/mol. The summed E-state index contributed by atoms with van der Waals surface area (Å²) < 4.78 is 22.5. The van der Waals surface area contributed by atoms with Crippen molar-refractivity contribution < 1.29 is 18.3 Å². The van der Waals surface area contributed by atoms with E-state index in [4.69, 9.17) is 5.11 Å². The molecule has 15 heavy (non-hydrogen) atoms. The second kappa shape index (κ2) is 3.50. The van der Waals surface area contributed by atoms with Crippen molar-refractivity contribution in [3.05, 3.63) is 27.7 Å². The molecular formula is C8H9NO5S. The molecule has 0 aliphatic carbocycles. The van der Waals surface area contributed by atoms with E-state index in [9.17, 15) is 18.0 Å². The lowest BCUT2D eigenvalue weighted by molar-refractivity contribution is 0.0694. The fraction of sp³-hybridized carbons (Fsp3) is 0.250. The summed E-state index contributed by atoms with van der Waals surface area (Å²) in [4.78, 5) is 24.0. The number of H-pyrrole nitrogens is 1. The first-order valence-corrected chi connectivity index (χ1v) is 5.80. The first-order chi connectivity index (χ1) is 6.75. The highest BCUT2D eigenvalue weighted by Crippen LogP contribution is 2.08. The zero-order chi connectivity index (χ0) is 11.8. The van der Waals surface area contributed by atoms with E-state index in [0.29, 0.717) is 0 Å². The number of rotatable bonds is 2. The number of pyridine rings is 1. The van der Waals surface area contributed by atoms with E-state index in [1.807, 2.05) is 0 Å². The molecule has 0 aliphatic heterocycles. The van der Waals surface area contributed by atoms with Gasteiger partial charge in [0, 0.05) is 18.1 Å². The van der Waals surface area contributed by atoms with Crippen molar-refractivity contribution in [1.29, 1.82) is 0 Å². The van der Waals surface area contributed by atoms with Crippen LogP contribution in [-0.4, -0.2) is 30.7 Å². The van der Waals surface area contributed by atoms with Gasteiger partial charge in [-0.1, -0.05) is 0 Å². The highest BCUT2D eigenvalue weighted by Gasteiger charge is 2.21. The first-order valence-electron chi connectivity index (χ1n) is 3.90. The number of aromatic carboxylic acids is 1. The van der Waals surface area contributed by atoms with Crippen LogP contribution in [0.1, 0.15) is 16.1 Å². The number of carboxylic acids is 1. The molecule has 1 aromatic rings. The van der Waals surface area contributed by atoms with Gasteiger partial charge >= 0.3 is 5.97 Å². The number of carbonyl (C=O) groups is 1. The molecule has 0 amide bonds. The molecule has 0 atom stereocenters. The van der Waals surface area contributed by atoms with Crippen LogP contribution < -0.4 is 5.43 Å². The molecule has 0 bridgehead atoms. The molecule has 0 radical (unpaired) electrons. The number of nitrogens with one attached hydrogen (secondary N) is 1. The maximum absolute atomic E-state index is 11.5. The number of aromatic amines is 1. The smallest absolute Gasteiger partial charge is 0.341 e. The van der Waals surface area contributed by atoms with Crippen LogP contribution in [0.15, 0.2) is 15.9 Å². The molecule has 0 saturated heterocycles. The third kappa shape index (κ3) is 2.07. The number of sulfone groups is 1. The summed E-state index contributed by atoms with van der Waals surface area (Å²) in [5.74, 6) is -1.46. The molecule has 7 heteroatoms. The lowest BCUT2D eigenvalue weighted by atomic mass is 10.2. The van der Waals surface area contributed by atoms with Gasteiger partial charge in [-0.2, -0.15) is 0 Å². The van der Waals surface area contributed by atoms with Gasteiger partial charge in [-0.3, -0.25) is 4.79 Å². The van der Waals surface area contributed by atoms with Crippen molar-refractivity contribution in [3.8, 4) is 0 Å². The Bertz CT molecular complexity index is 569. The fourth-order valence-electron chi connectivity index (χ4n) is 1.21. The standard InChI is InChI=1S/C8H9NO5S/c1-4-7(15(2,13)14)6(10)5(3-9-4)8(11)12/h3H,1-2H3,(H,9,10)(H,11,12). The average Bonchev–Trinajstić information content (AvgIpc) is 2.00. The molecule has 0 saturated carbocycles. The Labute approximate surface area is 85.5 Å². The van der Waals surface area contributed by atoms with Gasteiger partial charge in [0.1, 0.15) is 10.5 Å². The summed E-state index contributed by atoms with van der Waals surface area (Å²) in [6, 6.07) is 0. The van der Waals surface area contributed by atoms with Crippen LogP contribution in [0.25, 0.3) is 0 Å². The van der Waals surface area contributed by atoms with Gasteiger partial charge in [-0.05, 0) is 6.92 Å². The monoisotopic (exact) mass is 231 g/mol. The van der Waals surface area contributed by atoms with Gasteiger partial charge in [0.15, 0.2) is 9.84 Å². The summed E-state index contributed by atoms with van der Waals surface area (Å²) in [7, 11) is -3.73. The van der Waals surface area contributed by atoms with Crippen molar-refractivity contribution in [3.63, 3.8) is 0 Å². The van der Waals surface area contributed by atoms with E-state index >= 15 is 0 Å². The van der Waals surface area contributed by atoms with Crippen LogP contribution >= 0.6 is 0 Å². The molecule has 82 valence electrons. The Kier molecular flexibility index (Phi) is 2.67. The molecule has 1 rings (SSSR count). The normalized spacial score (nSPS) is 11.3. The Hall–Kier alpha value is -1.63. The van der Waals surface area contributed by atoms with Crippen LogP contribution in [0, 0.1) is 6.92 Å². The highest BCUT2D eigenvalue weighted by atomic mass is 32.2. The van der Waals surface area contributed by atoms with E-state index in [1.54, 1.807) is 0 Å².